The zero-order chi connectivity index (χ0) is 12.6. The Bertz CT molecular complexity index is 550. The summed E-state index contributed by atoms with van der Waals surface area (Å²) in [5, 5.41) is 10.2. The van der Waals surface area contributed by atoms with Gasteiger partial charge in [0, 0.05) is 10.6 Å². The molecule has 88 valence electrons. The van der Waals surface area contributed by atoms with E-state index in [0.29, 0.717) is 5.02 Å². The van der Waals surface area contributed by atoms with Gasteiger partial charge in [-0.2, -0.15) is 0 Å². The summed E-state index contributed by atoms with van der Waals surface area (Å²) in [6.07, 6.45) is 0. The number of phenolic OH excluding ortho intramolecular Hbond substituents is 1. The minimum absolute atomic E-state index is 0.236. The van der Waals surface area contributed by atoms with Crippen LogP contribution < -0.4 is 0 Å². The molecular formula is C15H15ClO. The highest BCUT2D eigenvalue weighted by atomic mass is 35.5. The van der Waals surface area contributed by atoms with Crippen LogP contribution in [0.25, 0.3) is 11.1 Å². The maximum atomic E-state index is 9.53. The molecule has 0 amide bonds. The quantitative estimate of drug-likeness (QED) is 0.777. The van der Waals surface area contributed by atoms with Crippen LogP contribution in [0.5, 0.6) is 5.75 Å². The van der Waals surface area contributed by atoms with E-state index < -0.39 is 0 Å². The molecule has 0 aliphatic rings. The molecular weight excluding hydrogens is 232 g/mol. The summed E-state index contributed by atoms with van der Waals surface area (Å²) in [7, 11) is 0. The van der Waals surface area contributed by atoms with Crippen molar-refractivity contribution in [2.45, 2.75) is 20.8 Å². The predicted octanol–water partition coefficient (Wildman–Crippen LogP) is 4.64. The summed E-state index contributed by atoms with van der Waals surface area (Å²) in [5.74, 6) is 0.236. The maximum Gasteiger partial charge on any atom is 0.116 e. The van der Waals surface area contributed by atoms with Gasteiger partial charge in [0.2, 0.25) is 0 Å². The molecule has 0 aromatic heterocycles. The Kier molecular flexibility index (Phi) is 3.12. The Morgan fingerprint density at radius 3 is 2.12 bits per heavy atom. The lowest BCUT2D eigenvalue weighted by Crippen LogP contribution is -1.89. The van der Waals surface area contributed by atoms with Crippen molar-refractivity contribution in [1.82, 2.24) is 0 Å². The van der Waals surface area contributed by atoms with Crippen molar-refractivity contribution in [3.05, 3.63) is 52.0 Å². The fourth-order valence-electron chi connectivity index (χ4n) is 1.93. The number of hydrogen-bond acceptors (Lipinski definition) is 1. The first-order chi connectivity index (χ1) is 7.99. The predicted molar refractivity (Wildman–Crippen MR) is 72.8 cm³/mol. The van der Waals surface area contributed by atoms with Gasteiger partial charge in [-0.1, -0.05) is 23.7 Å². The van der Waals surface area contributed by atoms with Crippen molar-refractivity contribution in [3.63, 3.8) is 0 Å². The average molecular weight is 247 g/mol. The molecule has 2 rings (SSSR count). The number of halogens is 1. The van der Waals surface area contributed by atoms with Crippen LogP contribution in [-0.4, -0.2) is 5.11 Å². The lowest BCUT2D eigenvalue weighted by Gasteiger charge is -2.11. The van der Waals surface area contributed by atoms with Gasteiger partial charge in [0.05, 0.1) is 0 Å². The van der Waals surface area contributed by atoms with E-state index in [1.807, 2.05) is 0 Å². The second kappa shape index (κ2) is 4.42. The molecule has 1 N–H and O–H groups in total. The molecule has 0 saturated carbocycles. The second-order valence-electron chi connectivity index (χ2n) is 4.40. The monoisotopic (exact) mass is 246 g/mol. The first kappa shape index (κ1) is 12.0. The topological polar surface area (TPSA) is 20.2 Å². The number of phenols is 1. The van der Waals surface area contributed by atoms with Crippen LogP contribution in [-0.2, 0) is 0 Å². The molecule has 0 aliphatic carbocycles. The zero-order valence-electron chi connectivity index (χ0n) is 10.2. The zero-order valence-corrected chi connectivity index (χ0v) is 11.0. The first-order valence-electron chi connectivity index (χ1n) is 5.56. The third-order valence-corrected chi connectivity index (χ3v) is 3.52. The summed E-state index contributed by atoms with van der Waals surface area (Å²) >= 11 is 6.16. The Labute approximate surface area is 107 Å². The van der Waals surface area contributed by atoms with E-state index in [0.717, 1.165) is 11.1 Å². The van der Waals surface area contributed by atoms with Crippen molar-refractivity contribution in [2.75, 3.05) is 0 Å². The fraction of sp³-hybridized carbons (Fsp3) is 0.200. The Morgan fingerprint density at radius 1 is 0.941 bits per heavy atom. The van der Waals surface area contributed by atoms with Crippen molar-refractivity contribution in [1.29, 1.82) is 0 Å². The number of aromatic hydroxyl groups is 1. The minimum atomic E-state index is 0.236. The lowest BCUT2D eigenvalue weighted by molar-refractivity contribution is 0.475. The molecule has 0 aliphatic heterocycles. The van der Waals surface area contributed by atoms with Gasteiger partial charge in [-0.15, -0.1) is 0 Å². The summed E-state index contributed by atoms with van der Waals surface area (Å²) < 4.78 is 0. The summed E-state index contributed by atoms with van der Waals surface area (Å²) in [6.45, 7) is 6.28. The van der Waals surface area contributed by atoms with Crippen LogP contribution in [0.15, 0.2) is 30.3 Å². The molecule has 17 heavy (non-hydrogen) atoms. The fourth-order valence-corrected chi connectivity index (χ4v) is 2.15. The lowest BCUT2D eigenvalue weighted by atomic mass is 9.96. The largest absolute Gasteiger partial charge is 0.508 e. The number of hydrogen-bond donors (Lipinski definition) is 1. The van der Waals surface area contributed by atoms with Crippen molar-refractivity contribution >= 4 is 11.6 Å². The maximum absolute atomic E-state index is 9.53. The Hall–Kier alpha value is -1.47. The standard InChI is InChI=1S/C15H15ClO/c1-9-6-12(7-10(2)11(9)3)14-8-13(17)4-5-15(14)16/h4-8,17H,1-3H3. The highest BCUT2D eigenvalue weighted by Crippen LogP contribution is 2.33. The van der Waals surface area contributed by atoms with E-state index in [1.165, 1.54) is 16.7 Å². The van der Waals surface area contributed by atoms with Crippen molar-refractivity contribution < 1.29 is 5.11 Å². The van der Waals surface area contributed by atoms with Crippen LogP contribution in [0.3, 0.4) is 0 Å². The van der Waals surface area contributed by atoms with Gasteiger partial charge in [-0.05, 0) is 61.2 Å². The molecule has 0 atom stereocenters. The van der Waals surface area contributed by atoms with Crippen molar-refractivity contribution in [2.24, 2.45) is 0 Å². The molecule has 0 bridgehead atoms. The molecule has 0 heterocycles. The second-order valence-corrected chi connectivity index (χ2v) is 4.81. The van der Waals surface area contributed by atoms with E-state index in [9.17, 15) is 5.11 Å². The normalized spacial score (nSPS) is 10.6. The van der Waals surface area contributed by atoms with Crippen LogP contribution in [0.1, 0.15) is 16.7 Å². The molecule has 2 heteroatoms. The van der Waals surface area contributed by atoms with Gasteiger partial charge in [0.25, 0.3) is 0 Å². The van der Waals surface area contributed by atoms with E-state index in [1.54, 1.807) is 18.2 Å². The van der Waals surface area contributed by atoms with Gasteiger partial charge in [-0.3, -0.25) is 0 Å². The molecule has 1 nitrogen and oxygen atoms in total. The molecule has 0 unspecified atom stereocenters. The van der Waals surface area contributed by atoms with Gasteiger partial charge in [0.1, 0.15) is 5.75 Å². The highest BCUT2D eigenvalue weighted by molar-refractivity contribution is 6.33. The van der Waals surface area contributed by atoms with Crippen LogP contribution >= 0.6 is 11.6 Å². The highest BCUT2D eigenvalue weighted by Gasteiger charge is 2.07. The minimum Gasteiger partial charge on any atom is -0.508 e. The van der Waals surface area contributed by atoms with Gasteiger partial charge >= 0.3 is 0 Å². The third-order valence-electron chi connectivity index (χ3n) is 3.19. The molecule has 0 fully saturated rings. The number of rotatable bonds is 1. The van der Waals surface area contributed by atoms with E-state index in [2.05, 4.69) is 32.9 Å². The molecule has 0 spiro atoms. The number of aryl methyl sites for hydroxylation is 2. The summed E-state index contributed by atoms with van der Waals surface area (Å²) in [6, 6.07) is 9.22. The van der Waals surface area contributed by atoms with Crippen LogP contribution in [0.2, 0.25) is 5.02 Å². The summed E-state index contributed by atoms with van der Waals surface area (Å²) in [5.41, 5.74) is 5.69. The van der Waals surface area contributed by atoms with Gasteiger partial charge in [0.15, 0.2) is 0 Å². The van der Waals surface area contributed by atoms with Crippen LogP contribution in [0.4, 0.5) is 0 Å². The van der Waals surface area contributed by atoms with Crippen molar-refractivity contribution in [3.8, 4) is 16.9 Å². The first-order valence-corrected chi connectivity index (χ1v) is 5.93. The number of benzene rings is 2. The summed E-state index contributed by atoms with van der Waals surface area (Å²) in [4.78, 5) is 0. The average Bonchev–Trinajstić information content (AvgIpc) is 2.28. The molecule has 2 aromatic carbocycles. The third kappa shape index (κ3) is 2.29. The molecule has 2 aromatic rings. The molecule has 0 radical (unpaired) electrons. The smallest absolute Gasteiger partial charge is 0.116 e. The SMILES string of the molecule is Cc1cc(-c2cc(O)ccc2Cl)cc(C)c1C. The van der Waals surface area contributed by atoms with E-state index in [-0.39, 0.29) is 5.75 Å². The van der Waals surface area contributed by atoms with Crippen LogP contribution in [0, 0.1) is 20.8 Å². The Balaban J connectivity index is 2.64. The molecule has 0 saturated heterocycles. The van der Waals surface area contributed by atoms with Gasteiger partial charge < -0.3 is 5.11 Å². The van der Waals surface area contributed by atoms with E-state index in [4.69, 9.17) is 11.6 Å². The van der Waals surface area contributed by atoms with Gasteiger partial charge in [-0.25, -0.2) is 0 Å². The van der Waals surface area contributed by atoms with E-state index >= 15 is 0 Å². The Morgan fingerprint density at radius 2 is 1.53 bits per heavy atom.